The lowest BCUT2D eigenvalue weighted by Crippen LogP contribution is -1.99. The van der Waals surface area contributed by atoms with Crippen molar-refractivity contribution in [2.24, 2.45) is 7.05 Å². The highest BCUT2D eigenvalue weighted by molar-refractivity contribution is 5.94. The molecule has 1 N–H and O–H groups in total. The number of furan rings is 1. The zero-order valence-corrected chi connectivity index (χ0v) is 10.5. The molecule has 0 fully saturated rings. The lowest BCUT2D eigenvalue weighted by molar-refractivity contribution is 0.0689. The van der Waals surface area contributed by atoms with Crippen LogP contribution in [0, 0.1) is 6.92 Å². The second kappa shape index (κ2) is 3.98. The Kier molecular flexibility index (Phi) is 2.41. The quantitative estimate of drug-likeness (QED) is 0.765. The molecule has 0 amide bonds. The van der Waals surface area contributed by atoms with Gasteiger partial charge in [0, 0.05) is 18.0 Å². The maximum Gasteiger partial charge on any atom is 0.356 e. The molecule has 0 spiro atoms. The Morgan fingerprint density at radius 2 is 2.16 bits per heavy atom. The van der Waals surface area contributed by atoms with Crippen LogP contribution in [0.4, 0.5) is 0 Å². The van der Waals surface area contributed by atoms with Crippen LogP contribution in [0.5, 0.6) is 0 Å². The number of nitrogens with zero attached hydrogens (tertiary/aromatic N) is 2. The van der Waals surface area contributed by atoms with E-state index in [1.54, 1.807) is 17.8 Å². The number of aryl methyl sites for hydroxylation is 2. The summed E-state index contributed by atoms with van der Waals surface area (Å²) in [6.45, 7) is 1.88. The number of hydrogen-bond donors (Lipinski definition) is 1. The Balaban J connectivity index is 2.26. The van der Waals surface area contributed by atoms with Gasteiger partial charge in [0.2, 0.25) is 0 Å². The molecular formula is C14H12N2O3. The van der Waals surface area contributed by atoms with Gasteiger partial charge in [0.15, 0.2) is 5.69 Å². The number of rotatable bonds is 2. The molecule has 5 nitrogen and oxygen atoms in total. The van der Waals surface area contributed by atoms with Crippen LogP contribution < -0.4 is 0 Å². The van der Waals surface area contributed by atoms with Crippen molar-refractivity contribution in [2.45, 2.75) is 6.92 Å². The molecule has 2 heterocycles. The average molecular weight is 256 g/mol. The Hall–Kier alpha value is -2.56. The standard InChI is InChI=1S/C14H12N2O3/c1-8-6-9-4-3-5-10(13(9)19-8)12-7-11(14(17)18)15-16(12)2/h3-7H,1-2H3,(H,17,18). The van der Waals surface area contributed by atoms with E-state index in [9.17, 15) is 4.79 Å². The van der Waals surface area contributed by atoms with Crippen molar-refractivity contribution in [3.8, 4) is 11.3 Å². The van der Waals surface area contributed by atoms with Crippen LogP contribution in [0.3, 0.4) is 0 Å². The normalized spacial score (nSPS) is 11.1. The predicted octanol–water partition coefficient (Wildman–Crippen LogP) is 2.84. The first-order valence-corrected chi connectivity index (χ1v) is 5.83. The first-order valence-electron chi connectivity index (χ1n) is 5.83. The number of carboxylic acid groups (broad SMARTS) is 1. The van der Waals surface area contributed by atoms with Gasteiger partial charge in [0.05, 0.1) is 5.69 Å². The number of hydrogen-bond acceptors (Lipinski definition) is 3. The van der Waals surface area contributed by atoms with E-state index in [4.69, 9.17) is 9.52 Å². The van der Waals surface area contributed by atoms with Gasteiger partial charge in [-0.25, -0.2) is 4.79 Å². The fourth-order valence-corrected chi connectivity index (χ4v) is 2.22. The Bertz CT molecular complexity index is 783. The van der Waals surface area contributed by atoms with Gasteiger partial charge in [-0.15, -0.1) is 0 Å². The summed E-state index contributed by atoms with van der Waals surface area (Å²) in [5.41, 5.74) is 2.34. The van der Waals surface area contributed by atoms with E-state index >= 15 is 0 Å². The zero-order chi connectivity index (χ0) is 13.6. The van der Waals surface area contributed by atoms with Crippen LogP contribution in [0.2, 0.25) is 0 Å². The van der Waals surface area contributed by atoms with Crippen LogP contribution in [0.25, 0.3) is 22.2 Å². The van der Waals surface area contributed by atoms with E-state index in [-0.39, 0.29) is 5.69 Å². The summed E-state index contributed by atoms with van der Waals surface area (Å²) in [5.74, 6) is -0.215. The third-order valence-electron chi connectivity index (χ3n) is 3.04. The molecule has 3 aromatic rings. The van der Waals surface area contributed by atoms with Crippen molar-refractivity contribution in [1.82, 2.24) is 9.78 Å². The molecule has 0 radical (unpaired) electrons. The highest BCUT2D eigenvalue weighted by Crippen LogP contribution is 2.30. The molecule has 0 unspecified atom stereocenters. The summed E-state index contributed by atoms with van der Waals surface area (Å²) in [4.78, 5) is 11.0. The lowest BCUT2D eigenvalue weighted by Gasteiger charge is -2.02. The summed E-state index contributed by atoms with van der Waals surface area (Å²) in [7, 11) is 1.72. The minimum atomic E-state index is -1.04. The van der Waals surface area contributed by atoms with Crippen LogP contribution in [0.15, 0.2) is 34.7 Å². The molecule has 0 bridgehead atoms. The molecule has 0 saturated heterocycles. The molecule has 0 saturated carbocycles. The van der Waals surface area contributed by atoms with E-state index in [1.807, 2.05) is 31.2 Å². The highest BCUT2D eigenvalue weighted by Gasteiger charge is 2.16. The Morgan fingerprint density at radius 1 is 1.37 bits per heavy atom. The Labute approximate surface area is 109 Å². The van der Waals surface area contributed by atoms with E-state index in [0.717, 1.165) is 28.0 Å². The monoisotopic (exact) mass is 256 g/mol. The fourth-order valence-electron chi connectivity index (χ4n) is 2.22. The van der Waals surface area contributed by atoms with Crippen LogP contribution in [-0.4, -0.2) is 20.9 Å². The van der Waals surface area contributed by atoms with Gasteiger partial charge < -0.3 is 9.52 Å². The number of benzene rings is 1. The Morgan fingerprint density at radius 3 is 2.84 bits per heavy atom. The molecule has 96 valence electrons. The molecule has 0 atom stereocenters. The molecular weight excluding hydrogens is 244 g/mol. The van der Waals surface area contributed by atoms with Crippen molar-refractivity contribution in [2.75, 3.05) is 0 Å². The summed E-state index contributed by atoms with van der Waals surface area (Å²) in [5, 5.41) is 14.0. The van der Waals surface area contributed by atoms with Crippen molar-refractivity contribution in [1.29, 1.82) is 0 Å². The summed E-state index contributed by atoms with van der Waals surface area (Å²) >= 11 is 0. The van der Waals surface area contributed by atoms with Gasteiger partial charge in [0.1, 0.15) is 11.3 Å². The molecule has 3 rings (SSSR count). The molecule has 0 aliphatic rings. The van der Waals surface area contributed by atoms with E-state index in [1.165, 1.54) is 0 Å². The van der Waals surface area contributed by atoms with E-state index in [2.05, 4.69) is 5.10 Å². The number of carbonyl (C=O) groups is 1. The number of carboxylic acids is 1. The van der Waals surface area contributed by atoms with Crippen molar-refractivity contribution >= 4 is 16.9 Å². The largest absolute Gasteiger partial charge is 0.476 e. The number of fused-ring (bicyclic) bond motifs is 1. The number of aromatic nitrogens is 2. The van der Waals surface area contributed by atoms with Crippen LogP contribution >= 0.6 is 0 Å². The summed E-state index contributed by atoms with van der Waals surface area (Å²) < 4.78 is 7.24. The molecule has 0 aliphatic heterocycles. The van der Waals surface area contributed by atoms with Gasteiger partial charge in [-0.3, -0.25) is 4.68 Å². The second-order valence-corrected chi connectivity index (χ2v) is 4.42. The highest BCUT2D eigenvalue weighted by atomic mass is 16.4. The minimum absolute atomic E-state index is 0.0257. The first kappa shape index (κ1) is 11.5. The topological polar surface area (TPSA) is 68.3 Å². The lowest BCUT2D eigenvalue weighted by atomic mass is 10.1. The maximum atomic E-state index is 11.0. The third kappa shape index (κ3) is 1.79. The summed E-state index contributed by atoms with van der Waals surface area (Å²) in [6.07, 6.45) is 0. The number of para-hydroxylation sites is 1. The van der Waals surface area contributed by atoms with Gasteiger partial charge in [-0.05, 0) is 25.1 Å². The minimum Gasteiger partial charge on any atom is -0.476 e. The van der Waals surface area contributed by atoms with Gasteiger partial charge >= 0.3 is 5.97 Å². The second-order valence-electron chi connectivity index (χ2n) is 4.42. The predicted molar refractivity (Wildman–Crippen MR) is 70.1 cm³/mol. The third-order valence-corrected chi connectivity index (χ3v) is 3.04. The zero-order valence-electron chi connectivity index (χ0n) is 10.5. The number of aromatic carboxylic acids is 1. The molecule has 0 aliphatic carbocycles. The molecule has 1 aromatic carbocycles. The van der Waals surface area contributed by atoms with E-state index < -0.39 is 5.97 Å². The van der Waals surface area contributed by atoms with Gasteiger partial charge in [0.25, 0.3) is 0 Å². The maximum absolute atomic E-state index is 11.0. The van der Waals surface area contributed by atoms with Crippen molar-refractivity contribution in [3.63, 3.8) is 0 Å². The first-order chi connectivity index (χ1) is 9.06. The molecule has 19 heavy (non-hydrogen) atoms. The van der Waals surface area contributed by atoms with E-state index in [0.29, 0.717) is 0 Å². The van der Waals surface area contributed by atoms with Crippen molar-refractivity contribution < 1.29 is 14.3 Å². The SMILES string of the molecule is Cc1cc2cccc(-c3cc(C(=O)O)nn3C)c2o1. The average Bonchev–Trinajstić information content (AvgIpc) is 2.90. The molecule has 5 heteroatoms. The summed E-state index contributed by atoms with van der Waals surface area (Å²) in [6, 6.07) is 9.28. The van der Waals surface area contributed by atoms with Gasteiger partial charge in [-0.1, -0.05) is 12.1 Å². The fraction of sp³-hybridized carbons (Fsp3) is 0.143. The van der Waals surface area contributed by atoms with Gasteiger partial charge in [-0.2, -0.15) is 5.10 Å². The van der Waals surface area contributed by atoms with Crippen LogP contribution in [-0.2, 0) is 7.05 Å². The van der Waals surface area contributed by atoms with Crippen LogP contribution in [0.1, 0.15) is 16.2 Å². The molecule has 2 aromatic heterocycles. The van der Waals surface area contributed by atoms with Crippen molar-refractivity contribution in [3.05, 3.63) is 41.8 Å². The smallest absolute Gasteiger partial charge is 0.356 e.